The Labute approximate surface area is 177 Å². The summed E-state index contributed by atoms with van der Waals surface area (Å²) < 4.78 is 31.8. The van der Waals surface area contributed by atoms with E-state index < -0.39 is 12.0 Å². The number of benzene rings is 1. The smallest absolute Gasteiger partial charge is 0.248 e. The third-order valence-electron chi connectivity index (χ3n) is 6.13. The molecule has 6 nitrogen and oxygen atoms in total. The second kappa shape index (κ2) is 10.4. The highest BCUT2D eigenvalue weighted by atomic mass is 19.3. The van der Waals surface area contributed by atoms with E-state index in [2.05, 4.69) is 21.2 Å². The Morgan fingerprint density at radius 3 is 2.57 bits per heavy atom. The number of alkyl halides is 2. The number of nitrogens with one attached hydrogen (secondary N) is 1. The minimum Gasteiger partial charge on any atom is -0.495 e. The van der Waals surface area contributed by atoms with E-state index in [1.54, 1.807) is 7.11 Å². The van der Waals surface area contributed by atoms with E-state index in [1.807, 2.05) is 18.2 Å². The Morgan fingerprint density at radius 2 is 1.90 bits per heavy atom. The summed E-state index contributed by atoms with van der Waals surface area (Å²) >= 11 is 0. The first-order valence-electron chi connectivity index (χ1n) is 10.8. The van der Waals surface area contributed by atoms with Crippen molar-refractivity contribution in [1.29, 1.82) is 0 Å². The number of aliphatic hydroxyl groups is 1. The van der Waals surface area contributed by atoms with Gasteiger partial charge in [-0.05, 0) is 31.4 Å². The molecule has 2 N–H and O–H groups in total. The molecule has 8 heteroatoms. The van der Waals surface area contributed by atoms with Crippen LogP contribution < -0.4 is 15.0 Å². The summed E-state index contributed by atoms with van der Waals surface area (Å²) in [5, 5.41) is 13.1. The lowest BCUT2D eigenvalue weighted by molar-refractivity contribution is -0.129. The number of halogens is 2. The highest BCUT2D eigenvalue weighted by Crippen LogP contribution is 2.36. The molecule has 30 heavy (non-hydrogen) atoms. The zero-order valence-electron chi connectivity index (χ0n) is 17.7. The van der Waals surface area contributed by atoms with Gasteiger partial charge in [-0.1, -0.05) is 12.1 Å². The van der Waals surface area contributed by atoms with Crippen molar-refractivity contribution in [3.05, 3.63) is 24.3 Å². The summed E-state index contributed by atoms with van der Waals surface area (Å²) in [6.45, 7) is 4.33. The minimum atomic E-state index is -2.62. The first-order valence-corrected chi connectivity index (χ1v) is 10.8. The molecular weight excluding hydrogens is 392 g/mol. The van der Waals surface area contributed by atoms with Crippen LogP contribution in [0.4, 0.5) is 14.5 Å². The van der Waals surface area contributed by atoms with Crippen LogP contribution in [-0.2, 0) is 4.79 Å². The Bertz CT molecular complexity index is 686. The van der Waals surface area contributed by atoms with E-state index in [1.165, 1.54) is 0 Å². The monoisotopic (exact) mass is 425 g/mol. The number of carbonyl (C=O) groups excluding carboxylic acids is 1. The topological polar surface area (TPSA) is 65.0 Å². The van der Waals surface area contributed by atoms with E-state index in [-0.39, 0.29) is 37.5 Å². The van der Waals surface area contributed by atoms with Crippen LogP contribution in [-0.4, -0.2) is 74.3 Å². The Balaban J connectivity index is 1.33. The molecule has 1 saturated carbocycles. The van der Waals surface area contributed by atoms with Crippen molar-refractivity contribution in [3.63, 3.8) is 0 Å². The van der Waals surface area contributed by atoms with Crippen molar-refractivity contribution in [2.75, 3.05) is 51.3 Å². The van der Waals surface area contributed by atoms with E-state index in [0.717, 1.165) is 37.6 Å². The van der Waals surface area contributed by atoms with Crippen molar-refractivity contribution in [2.45, 2.75) is 44.1 Å². The molecule has 1 amide bonds. The second-order valence-corrected chi connectivity index (χ2v) is 8.32. The number of hydrogen-bond acceptors (Lipinski definition) is 5. The van der Waals surface area contributed by atoms with Gasteiger partial charge in [0.05, 0.1) is 18.9 Å². The number of carbonyl (C=O) groups is 1. The number of anilines is 1. The van der Waals surface area contributed by atoms with E-state index in [0.29, 0.717) is 19.5 Å². The molecule has 1 aromatic rings. The molecule has 1 aromatic carbocycles. The average molecular weight is 426 g/mol. The molecular formula is C22H33F2N3O3. The van der Waals surface area contributed by atoms with E-state index in [9.17, 15) is 18.7 Å². The third kappa shape index (κ3) is 6.28. The molecule has 1 aliphatic heterocycles. The third-order valence-corrected chi connectivity index (χ3v) is 6.13. The Kier molecular flexibility index (Phi) is 7.88. The standard InChI is InChI=1S/C22H33F2N3O3/c1-30-20-5-3-2-4-19(20)27-14-12-26(13-15-27)16-18(28)8-11-25-21(29)17-6-9-22(23,24)10-7-17/h2-5,17-18,28H,6-16H2,1H3,(H,25,29). The van der Waals surface area contributed by atoms with Crippen LogP contribution in [0.15, 0.2) is 24.3 Å². The predicted molar refractivity (Wildman–Crippen MR) is 112 cm³/mol. The molecule has 0 radical (unpaired) electrons. The Morgan fingerprint density at radius 1 is 1.23 bits per heavy atom. The number of methoxy groups -OCH3 is 1. The maximum atomic E-state index is 13.2. The van der Waals surface area contributed by atoms with Gasteiger partial charge in [0.25, 0.3) is 0 Å². The number of para-hydroxylation sites is 2. The number of amides is 1. The van der Waals surface area contributed by atoms with Crippen molar-refractivity contribution < 1.29 is 23.4 Å². The summed E-state index contributed by atoms with van der Waals surface area (Å²) in [5.74, 6) is -2.25. The first kappa shape index (κ1) is 22.7. The molecule has 1 saturated heterocycles. The van der Waals surface area contributed by atoms with E-state index >= 15 is 0 Å². The molecule has 0 spiro atoms. The summed E-state index contributed by atoms with van der Waals surface area (Å²) in [6, 6.07) is 7.97. The lowest BCUT2D eigenvalue weighted by Crippen LogP contribution is -2.49. The van der Waals surface area contributed by atoms with Gasteiger partial charge in [0, 0.05) is 58.0 Å². The average Bonchev–Trinajstić information content (AvgIpc) is 2.74. The molecule has 0 bridgehead atoms. The SMILES string of the molecule is COc1ccccc1N1CCN(CC(O)CCNC(=O)C2CCC(F)(F)CC2)CC1. The van der Waals surface area contributed by atoms with Gasteiger partial charge in [0.15, 0.2) is 0 Å². The lowest BCUT2D eigenvalue weighted by Gasteiger charge is -2.37. The maximum Gasteiger partial charge on any atom is 0.248 e. The number of nitrogens with zero attached hydrogens (tertiary/aromatic N) is 2. The molecule has 3 rings (SSSR count). The first-order chi connectivity index (χ1) is 14.4. The van der Waals surface area contributed by atoms with Crippen LogP contribution in [0.2, 0.25) is 0 Å². The summed E-state index contributed by atoms with van der Waals surface area (Å²) in [7, 11) is 1.67. The summed E-state index contributed by atoms with van der Waals surface area (Å²) in [5.41, 5.74) is 1.09. The van der Waals surface area contributed by atoms with Gasteiger partial charge in [-0.2, -0.15) is 0 Å². The summed E-state index contributed by atoms with van der Waals surface area (Å²) in [6.07, 6.45) is -0.0287. The van der Waals surface area contributed by atoms with Crippen LogP contribution in [0.5, 0.6) is 5.75 Å². The van der Waals surface area contributed by atoms with Gasteiger partial charge in [-0.3, -0.25) is 9.69 Å². The van der Waals surface area contributed by atoms with Gasteiger partial charge in [-0.25, -0.2) is 8.78 Å². The largest absolute Gasteiger partial charge is 0.495 e. The van der Waals surface area contributed by atoms with Gasteiger partial charge < -0.3 is 20.1 Å². The number of piperazine rings is 1. The highest BCUT2D eigenvalue weighted by Gasteiger charge is 2.37. The fraction of sp³-hybridized carbons (Fsp3) is 0.682. The van der Waals surface area contributed by atoms with Gasteiger partial charge >= 0.3 is 0 Å². The van der Waals surface area contributed by atoms with Crippen LogP contribution in [0.25, 0.3) is 0 Å². The van der Waals surface area contributed by atoms with Crippen LogP contribution >= 0.6 is 0 Å². The highest BCUT2D eigenvalue weighted by molar-refractivity contribution is 5.78. The second-order valence-electron chi connectivity index (χ2n) is 8.32. The molecule has 1 aliphatic carbocycles. The molecule has 1 heterocycles. The molecule has 1 unspecified atom stereocenters. The van der Waals surface area contributed by atoms with Gasteiger partial charge in [0.2, 0.25) is 11.8 Å². The van der Waals surface area contributed by atoms with Crippen LogP contribution in [0.3, 0.4) is 0 Å². The summed E-state index contributed by atoms with van der Waals surface area (Å²) in [4.78, 5) is 16.7. The number of rotatable bonds is 8. The number of ether oxygens (including phenoxy) is 1. The maximum absolute atomic E-state index is 13.2. The number of aliphatic hydroxyl groups excluding tert-OH is 1. The van der Waals surface area contributed by atoms with Crippen molar-refractivity contribution >= 4 is 11.6 Å². The lowest BCUT2D eigenvalue weighted by atomic mass is 9.86. The zero-order chi connectivity index (χ0) is 21.6. The number of hydrogen-bond donors (Lipinski definition) is 2. The van der Waals surface area contributed by atoms with Crippen LogP contribution in [0, 0.1) is 5.92 Å². The fourth-order valence-corrected chi connectivity index (χ4v) is 4.26. The van der Waals surface area contributed by atoms with Crippen LogP contribution in [0.1, 0.15) is 32.1 Å². The molecule has 0 aromatic heterocycles. The van der Waals surface area contributed by atoms with E-state index in [4.69, 9.17) is 4.74 Å². The normalized spacial score (nSPS) is 21.3. The molecule has 168 valence electrons. The van der Waals surface area contributed by atoms with Gasteiger partial charge in [-0.15, -0.1) is 0 Å². The molecule has 1 atom stereocenters. The molecule has 2 aliphatic rings. The minimum absolute atomic E-state index is 0.164. The van der Waals surface area contributed by atoms with Gasteiger partial charge in [0.1, 0.15) is 5.75 Å². The fourth-order valence-electron chi connectivity index (χ4n) is 4.26. The van der Waals surface area contributed by atoms with Crippen molar-refractivity contribution in [3.8, 4) is 5.75 Å². The predicted octanol–water partition coefficient (Wildman–Crippen LogP) is 2.51. The molecule has 2 fully saturated rings. The Hall–Kier alpha value is -1.93. The van der Waals surface area contributed by atoms with Crippen molar-refractivity contribution in [2.24, 2.45) is 5.92 Å². The quantitative estimate of drug-likeness (QED) is 0.670. The zero-order valence-corrected chi connectivity index (χ0v) is 17.7. The van der Waals surface area contributed by atoms with Crippen molar-refractivity contribution in [1.82, 2.24) is 10.2 Å². The number of β-amino-alcohol motifs (C(OH)–C–C–N with tert-alkyl or cyclic N) is 1.